The van der Waals surface area contributed by atoms with Gasteiger partial charge in [0.1, 0.15) is 0 Å². The SMILES string of the molecule is CC(C)N(CCO)CC(=O)Nc1ccccc1Br. The molecule has 0 bridgehead atoms. The lowest BCUT2D eigenvalue weighted by Crippen LogP contribution is -2.39. The van der Waals surface area contributed by atoms with E-state index in [2.05, 4.69) is 21.2 Å². The Morgan fingerprint density at radius 3 is 2.67 bits per heavy atom. The van der Waals surface area contributed by atoms with Gasteiger partial charge in [0.2, 0.25) is 5.91 Å². The van der Waals surface area contributed by atoms with Crippen LogP contribution in [0, 0.1) is 0 Å². The predicted octanol–water partition coefficient (Wildman–Crippen LogP) is 2.09. The molecule has 0 aliphatic carbocycles. The zero-order valence-electron chi connectivity index (χ0n) is 10.7. The number of aliphatic hydroxyl groups excluding tert-OH is 1. The van der Waals surface area contributed by atoms with Gasteiger partial charge < -0.3 is 10.4 Å². The van der Waals surface area contributed by atoms with Crippen LogP contribution < -0.4 is 5.32 Å². The number of para-hydroxylation sites is 1. The van der Waals surface area contributed by atoms with Crippen LogP contribution in [-0.4, -0.2) is 41.7 Å². The van der Waals surface area contributed by atoms with Crippen molar-refractivity contribution < 1.29 is 9.90 Å². The maximum Gasteiger partial charge on any atom is 0.238 e. The Bertz CT molecular complexity index is 396. The third-order valence-electron chi connectivity index (χ3n) is 2.61. The van der Waals surface area contributed by atoms with Crippen molar-refractivity contribution in [2.75, 3.05) is 25.0 Å². The van der Waals surface area contributed by atoms with Gasteiger partial charge in [-0.3, -0.25) is 9.69 Å². The molecule has 1 aromatic rings. The van der Waals surface area contributed by atoms with E-state index in [-0.39, 0.29) is 25.1 Å². The molecule has 2 N–H and O–H groups in total. The molecule has 100 valence electrons. The minimum Gasteiger partial charge on any atom is -0.395 e. The average Bonchev–Trinajstić information content (AvgIpc) is 2.31. The fourth-order valence-corrected chi connectivity index (χ4v) is 1.97. The number of carbonyl (C=O) groups excluding carboxylic acids is 1. The highest BCUT2D eigenvalue weighted by molar-refractivity contribution is 9.10. The van der Waals surface area contributed by atoms with E-state index in [1.807, 2.05) is 43.0 Å². The molecule has 0 saturated carbocycles. The highest BCUT2D eigenvalue weighted by atomic mass is 79.9. The summed E-state index contributed by atoms with van der Waals surface area (Å²) < 4.78 is 0.858. The van der Waals surface area contributed by atoms with Crippen LogP contribution in [0.4, 0.5) is 5.69 Å². The number of hydrogen-bond acceptors (Lipinski definition) is 3. The smallest absolute Gasteiger partial charge is 0.238 e. The Morgan fingerprint density at radius 1 is 1.44 bits per heavy atom. The molecule has 0 spiro atoms. The van der Waals surface area contributed by atoms with E-state index in [0.717, 1.165) is 10.2 Å². The van der Waals surface area contributed by atoms with Crippen molar-refractivity contribution in [2.24, 2.45) is 0 Å². The molecule has 1 aromatic carbocycles. The lowest BCUT2D eigenvalue weighted by Gasteiger charge is -2.24. The van der Waals surface area contributed by atoms with Crippen LogP contribution >= 0.6 is 15.9 Å². The molecule has 0 aliphatic rings. The van der Waals surface area contributed by atoms with Crippen molar-refractivity contribution in [2.45, 2.75) is 19.9 Å². The number of carbonyl (C=O) groups is 1. The van der Waals surface area contributed by atoms with Gasteiger partial charge in [-0.25, -0.2) is 0 Å². The number of rotatable bonds is 6. The molecule has 0 unspecified atom stereocenters. The number of nitrogens with zero attached hydrogens (tertiary/aromatic N) is 1. The summed E-state index contributed by atoms with van der Waals surface area (Å²) in [5.74, 6) is -0.0796. The molecule has 18 heavy (non-hydrogen) atoms. The molecule has 0 heterocycles. The lowest BCUT2D eigenvalue weighted by molar-refractivity contribution is -0.117. The molecule has 5 heteroatoms. The second-order valence-corrected chi connectivity index (χ2v) is 5.17. The standard InChI is InChI=1S/C13H19BrN2O2/c1-10(2)16(7-8-17)9-13(18)15-12-6-4-3-5-11(12)14/h3-6,10,17H,7-9H2,1-2H3,(H,15,18). The zero-order valence-corrected chi connectivity index (χ0v) is 12.3. The van der Waals surface area contributed by atoms with Crippen molar-refractivity contribution in [3.05, 3.63) is 28.7 Å². The van der Waals surface area contributed by atoms with E-state index in [0.29, 0.717) is 6.54 Å². The third-order valence-corrected chi connectivity index (χ3v) is 3.30. The summed E-state index contributed by atoms with van der Waals surface area (Å²) in [5.41, 5.74) is 0.759. The van der Waals surface area contributed by atoms with Crippen LogP contribution in [0.5, 0.6) is 0 Å². The van der Waals surface area contributed by atoms with E-state index >= 15 is 0 Å². The highest BCUT2D eigenvalue weighted by Crippen LogP contribution is 2.21. The first-order valence-electron chi connectivity index (χ1n) is 5.94. The molecular formula is C13H19BrN2O2. The molecule has 4 nitrogen and oxygen atoms in total. The highest BCUT2D eigenvalue weighted by Gasteiger charge is 2.14. The molecule has 0 aliphatic heterocycles. The normalized spacial score (nSPS) is 11.0. The molecule has 1 rings (SSSR count). The number of halogens is 1. The summed E-state index contributed by atoms with van der Waals surface area (Å²) in [6.45, 7) is 4.84. The molecule has 0 aromatic heterocycles. The molecular weight excluding hydrogens is 296 g/mol. The summed E-state index contributed by atoms with van der Waals surface area (Å²) in [6, 6.07) is 7.71. The van der Waals surface area contributed by atoms with Gasteiger partial charge in [0.15, 0.2) is 0 Å². The topological polar surface area (TPSA) is 52.6 Å². The second-order valence-electron chi connectivity index (χ2n) is 4.32. The van der Waals surface area contributed by atoms with Crippen molar-refractivity contribution >= 4 is 27.5 Å². The van der Waals surface area contributed by atoms with Gasteiger partial charge in [-0.15, -0.1) is 0 Å². The number of anilines is 1. The van der Waals surface area contributed by atoms with Crippen molar-refractivity contribution in [3.63, 3.8) is 0 Å². The van der Waals surface area contributed by atoms with Gasteiger partial charge in [-0.2, -0.15) is 0 Å². The minimum atomic E-state index is -0.0796. The minimum absolute atomic E-state index is 0.0560. The maximum absolute atomic E-state index is 11.9. The molecule has 0 atom stereocenters. The van der Waals surface area contributed by atoms with Crippen LogP contribution in [0.25, 0.3) is 0 Å². The van der Waals surface area contributed by atoms with Gasteiger partial charge in [-0.1, -0.05) is 12.1 Å². The van der Waals surface area contributed by atoms with Crippen LogP contribution in [0.15, 0.2) is 28.7 Å². The van der Waals surface area contributed by atoms with Crippen LogP contribution in [0.2, 0.25) is 0 Å². The van der Waals surface area contributed by atoms with Crippen LogP contribution in [0.3, 0.4) is 0 Å². The Labute approximate surface area is 116 Å². The molecule has 1 amide bonds. The molecule has 0 saturated heterocycles. The van der Waals surface area contributed by atoms with E-state index in [1.54, 1.807) is 0 Å². The van der Waals surface area contributed by atoms with Crippen molar-refractivity contribution in [1.82, 2.24) is 4.90 Å². The summed E-state index contributed by atoms with van der Waals surface area (Å²) in [5, 5.41) is 11.8. The zero-order chi connectivity index (χ0) is 13.5. The van der Waals surface area contributed by atoms with Gasteiger partial charge >= 0.3 is 0 Å². The predicted molar refractivity (Wildman–Crippen MR) is 76.6 cm³/mol. The number of benzene rings is 1. The van der Waals surface area contributed by atoms with E-state index in [9.17, 15) is 4.79 Å². The second kappa shape index (κ2) is 7.51. The number of amides is 1. The fourth-order valence-electron chi connectivity index (χ4n) is 1.59. The summed E-state index contributed by atoms with van der Waals surface area (Å²) in [7, 11) is 0. The van der Waals surface area contributed by atoms with E-state index < -0.39 is 0 Å². The summed E-state index contributed by atoms with van der Waals surface area (Å²) in [6.07, 6.45) is 0. The average molecular weight is 315 g/mol. The summed E-state index contributed by atoms with van der Waals surface area (Å²) in [4.78, 5) is 13.8. The van der Waals surface area contributed by atoms with Gasteiger partial charge in [0, 0.05) is 17.1 Å². The first-order valence-corrected chi connectivity index (χ1v) is 6.73. The first-order chi connectivity index (χ1) is 8.54. The molecule has 0 radical (unpaired) electrons. The quantitative estimate of drug-likeness (QED) is 0.845. The van der Waals surface area contributed by atoms with E-state index in [4.69, 9.17) is 5.11 Å². The Kier molecular flexibility index (Phi) is 6.32. The Morgan fingerprint density at radius 2 is 2.11 bits per heavy atom. The maximum atomic E-state index is 11.9. The van der Waals surface area contributed by atoms with Crippen molar-refractivity contribution in [1.29, 1.82) is 0 Å². The summed E-state index contributed by atoms with van der Waals surface area (Å²) >= 11 is 3.38. The van der Waals surface area contributed by atoms with Gasteiger partial charge in [-0.05, 0) is 41.9 Å². The van der Waals surface area contributed by atoms with Gasteiger partial charge in [0.05, 0.1) is 18.8 Å². The largest absolute Gasteiger partial charge is 0.395 e. The van der Waals surface area contributed by atoms with Crippen LogP contribution in [0.1, 0.15) is 13.8 Å². The lowest BCUT2D eigenvalue weighted by atomic mass is 10.3. The number of nitrogens with one attached hydrogen (secondary N) is 1. The van der Waals surface area contributed by atoms with Crippen molar-refractivity contribution in [3.8, 4) is 0 Å². The number of aliphatic hydroxyl groups is 1. The molecule has 0 fully saturated rings. The Balaban J connectivity index is 2.58. The third kappa shape index (κ3) is 4.76. The number of hydrogen-bond donors (Lipinski definition) is 2. The van der Waals surface area contributed by atoms with Crippen LogP contribution in [-0.2, 0) is 4.79 Å². The monoisotopic (exact) mass is 314 g/mol. The first kappa shape index (κ1) is 15.1. The van der Waals surface area contributed by atoms with E-state index in [1.165, 1.54) is 0 Å². The Hall–Kier alpha value is -0.910. The van der Waals surface area contributed by atoms with Gasteiger partial charge in [0.25, 0.3) is 0 Å². The fraction of sp³-hybridized carbons (Fsp3) is 0.462.